The summed E-state index contributed by atoms with van der Waals surface area (Å²) in [6, 6.07) is 13.8. The van der Waals surface area contributed by atoms with E-state index in [0.717, 1.165) is 42.4 Å². The molecule has 1 aliphatic rings. The van der Waals surface area contributed by atoms with Crippen molar-refractivity contribution < 1.29 is 18.1 Å². The molecule has 3 N–H and O–H groups in total. The molecule has 0 aliphatic carbocycles. The summed E-state index contributed by atoms with van der Waals surface area (Å²) < 4.78 is 34.9. The summed E-state index contributed by atoms with van der Waals surface area (Å²) in [5.41, 5.74) is 11.7. The molecule has 1 fully saturated rings. The van der Waals surface area contributed by atoms with Gasteiger partial charge in [0.1, 0.15) is 5.82 Å². The summed E-state index contributed by atoms with van der Waals surface area (Å²) in [6.45, 7) is 5.54. The number of anilines is 1. The van der Waals surface area contributed by atoms with E-state index >= 15 is 0 Å². The van der Waals surface area contributed by atoms with Gasteiger partial charge in [0.2, 0.25) is 11.7 Å². The van der Waals surface area contributed by atoms with Crippen LogP contribution in [0.2, 0.25) is 0 Å². The number of aromatic nitrogens is 4. The first kappa shape index (κ1) is 27.8. The molecule has 0 saturated carbocycles. The highest BCUT2D eigenvalue weighted by Gasteiger charge is 2.25. The van der Waals surface area contributed by atoms with E-state index in [1.165, 1.54) is 40.3 Å². The van der Waals surface area contributed by atoms with E-state index in [0.29, 0.717) is 17.3 Å². The normalized spacial score (nSPS) is 15.2. The molecule has 0 radical (unpaired) electrons. The molecule has 1 atom stereocenters. The number of ether oxygens (including phenoxy) is 1. The number of H-pyrrole nitrogens is 1. The van der Waals surface area contributed by atoms with Gasteiger partial charge in [0.15, 0.2) is 11.6 Å². The third-order valence-electron chi connectivity index (χ3n) is 7.90. The van der Waals surface area contributed by atoms with Crippen LogP contribution in [0.3, 0.4) is 0 Å². The number of nitrogen functional groups attached to an aromatic ring is 1. The molecule has 42 heavy (non-hydrogen) atoms. The lowest BCUT2D eigenvalue weighted by Gasteiger charge is -2.31. The van der Waals surface area contributed by atoms with Crippen LogP contribution in [0.15, 0.2) is 60.9 Å². The number of benzene rings is 2. The summed E-state index contributed by atoms with van der Waals surface area (Å²) >= 11 is 0. The van der Waals surface area contributed by atoms with Crippen LogP contribution in [0.1, 0.15) is 51.5 Å². The smallest absolute Gasteiger partial charge is 0.219 e. The van der Waals surface area contributed by atoms with Gasteiger partial charge in [0.25, 0.3) is 0 Å². The van der Waals surface area contributed by atoms with Crippen molar-refractivity contribution in [2.45, 2.75) is 32.6 Å². The molecule has 1 saturated heterocycles. The maximum atomic E-state index is 14.0. The van der Waals surface area contributed by atoms with E-state index in [-0.39, 0.29) is 28.8 Å². The highest BCUT2D eigenvalue weighted by atomic mass is 32.2. The zero-order valence-electron chi connectivity index (χ0n) is 23.6. The molecule has 2 aromatic carbocycles. The Hall–Kier alpha value is -4.35. The lowest BCUT2D eigenvalue weighted by atomic mass is 9.87. The first-order chi connectivity index (χ1) is 20.2. The quantitative estimate of drug-likeness (QED) is 0.240. The highest BCUT2D eigenvalue weighted by molar-refractivity contribution is 7.81. The third-order valence-corrected chi connectivity index (χ3v) is 8.99. The van der Waals surface area contributed by atoms with E-state index in [1.807, 2.05) is 17.3 Å². The fourth-order valence-corrected chi connectivity index (χ4v) is 6.33. The Balaban J connectivity index is 1.23. The summed E-state index contributed by atoms with van der Waals surface area (Å²) in [6.07, 6.45) is 6.59. The van der Waals surface area contributed by atoms with Crippen LogP contribution >= 0.6 is 0 Å². The number of aryl methyl sites for hydroxylation is 2. The first-order valence-electron chi connectivity index (χ1n) is 13.7. The minimum Gasteiger partial charge on any atom is -0.436 e. The summed E-state index contributed by atoms with van der Waals surface area (Å²) in [5.74, 6) is 0.109. The molecular weight excluding hydrogens is 555 g/mol. The third kappa shape index (κ3) is 5.21. The van der Waals surface area contributed by atoms with Gasteiger partial charge in [-0.2, -0.15) is 5.10 Å². The van der Waals surface area contributed by atoms with Crippen molar-refractivity contribution in [2.75, 3.05) is 25.1 Å². The second-order valence-electron chi connectivity index (χ2n) is 10.6. The number of carbonyl (C=O) groups is 1. The monoisotopic (exact) mass is 586 g/mol. The molecule has 0 amide bonds. The lowest BCUT2D eigenvalue weighted by Crippen LogP contribution is -2.34. The minimum absolute atomic E-state index is 0.0730. The van der Waals surface area contributed by atoms with Crippen molar-refractivity contribution in [3.05, 3.63) is 94.7 Å². The van der Waals surface area contributed by atoms with Gasteiger partial charge in [0, 0.05) is 36.3 Å². The van der Waals surface area contributed by atoms with Crippen LogP contribution in [0.4, 0.5) is 10.2 Å². The molecule has 1 aliphatic heterocycles. The zero-order chi connectivity index (χ0) is 29.5. The topological polar surface area (TPSA) is 119 Å². The second kappa shape index (κ2) is 11.1. The molecule has 216 valence electrons. The molecule has 0 bridgehead atoms. The van der Waals surface area contributed by atoms with Crippen LogP contribution in [-0.4, -0.2) is 53.4 Å². The van der Waals surface area contributed by atoms with Gasteiger partial charge in [-0.15, -0.1) is 0 Å². The fraction of sp³-hybridized carbons (Fsp3) is 0.258. The van der Waals surface area contributed by atoms with Gasteiger partial charge in [-0.05, 0) is 79.6 Å². The van der Waals surface area contributed by atoms with Crippen LogP contribution in [0.5, 0.6) is 11.6 Å². The van der Waals surface area contributed by atoms with Crippen molar-refractivity contribution in [2.24, 2.45) is 0 Å². The zero-order valence-corrected chi connectivity index (χ0v) is 24.4. The molecule has 9 nitrogen and oxygen atoms in total. The van der Waals surface area contributed by atoms with Crippen LogP contribution in [0, 0.1) is 19.7 Å². The average molecular weight is 587 g/mol. The van der Waals surface area contributed by atoms with E-state index < -0.39 is 16.8 Å². The predicted octanol–water partition coefficient (Wildman–Crippen LogP) is 5.58. The highest BCUT2D eigenvalue weighted by Crippen LogP contribution is 2.34. The number of ketones is 1. The number of halogens is 1. The van der Waals surface area contributed by atoms with E-state index in [2.05, 4.69) is 34.1 Å². The molecular formula is C31H31FN6O3S. The van der Waals surface area contributed by atoms with Crippen LogP contribution in [0.25, 0.3) is 16.6 Å². The lowest BCUT2D eigenvalue weighted by molar-refractivity contribution is 0.103. The van der Waals surface area contributed by atoms with E-state index in [1.54, 1.807) is 24.5 Å². The maximum Gasteiger partial charge on any atom is 0.219 e. The standard InChI is InChI=1S/C31H31FN6O3S/c1-18-12-21-14-26(36-25(21)15-22(18)20-8-10-37(11-9-20)42(3)40)30(39)23-16-35-38(31(23)33)27-17-34-29(13-19(27)2)41-28-7-5-4-6-24(28)32/h4-7,12-17,20,36H,8-11,33H2,1-3H3. The summed E-state index contributed by atoms with van der Waals surface area (Å²) in [4.78, 5) is 21.1. The van der Waals surface area contributed by atoms with Gasteiger partial charge >= 0.3 is 0 Å². The number of nitrogens with two attached hydrogens (primary N) is 1. The average Bonchev–Trinajstić information content (AvgIpc) is 3.56. The number of hydrogen-bond donors (Lipinski definition) is 2. The molecule has 6 rings (SSSR count). The number of para-hydroxylation sites is 1. The summed E-state index contributed by atoms with van der Waals surface area (Å²) in [5, 5.41) is 5.32. The Kier molecular flexibility index (Phi) is 7.38. The molecule has 4 heterocycles. The number of nitrogens with zero attached hydrogens (tertiary/aromatic N) is 4. The second-order valence-corrected chi connectivity index (χ2v) is 12.0. The first-order valence-corrected chi connectivity index (χ1v) is 15.2. The number of rotatable bonds is 7. The molecule has 5 aromatic rings. The fourth-order valence-electron chi connectivity index (χ4n) is 5.61. The largest absolute Gasteiger partial charge is 0.436 e. The number of hydrogen-bond acceptors (Lipinski definition) is 6. The SMILES string of the molecule is Cc1cc2cc(C(=O)c3cnn(-c4cnc(Oc5ccccc5F)cc4C)c3N)[nH]c2cc1C1CCN(S(C)=O)CC1. The Morgan fingerprint density at radius 3 is 2.57 bits per heavy atom. The van der Waals surface area contributed by atoms with Crippen LogP contribution in [-0.2, 0) is 11.0 Å². The van der Waals surface area contributed by atoms with Crippen molar-refractivity contribution >= 4 is 33.5 Å². The molecule has 1 unspecified atom stereocenters. The number of pyridine rings is 1. The predicted molar refractivity (Wildman–Crippen MR) is 161 cm³/mol. The van der Waals surface area contributed by atoms with Crippen molar-refractivity contribution in [1.29, 1.82) is 0 Å². The van der Waals surface area contributed by atoms with Gasteiger partial charge in [-0.25, -0.2) is 22.6 Å². The summed E-state index contributed by atoms with van der Waals surface area (Å²) in [7, 11) is -0.944. The van der Waals surface area contributed by atoms with Gasteiger partial charge in [0.05, 0.1) is 40.3 Å². The minimum atomic E-state index is -0.944. The van der Waals surface area contributed by atoms with Crippen LogP contribution < -0.4 is 10.5 Å². The van der Waals surface area contributed by atoms with Crippen molar-refractivity contribution in [3.63, 3.8) is 0 Å². The van der Waals surface area contributed by atoms with Crippen molar-refractivity contribution in [3.8, 4) is 17.3 Å². The van der Waals surface area contributed by atoms with E-state index in [9.17, 15) is 13.4 Å². The Labute approximate surface area is 245 Å². The molecule has 0 spiro atoms. The Bertz CT molecular complexity index is 1840. The van der Waals surface area contributed by atoms with Gasteiger partial charge in [-0.3, -0.25) is 4.79 Å². The Morgan fingerprint density at radius 2 is 1.86 bits per heavy atom. The Morgan fingerprint density at radius 1 is 1.10 bits per heavy atom. The van der Waals surface area contributed by atoms with Gasteiger partial charge in [-0.1, -0.05) is 12.1 Å². The van der Waals surface area contributed by atoms with Crippen molar-refractivity contribution in [1.82, 2.24) is 24.1 Å². The number of aromatic amines is 1. The van der Waals surface area contributed by atoms with E-state index in [4.69, 9.17) is 10.5 Å². The maximum absolute atomic E-state index is 14.0. The van der Waals surface area contributed by atoms with Gasteiger partial charge < -0.3 is 15.5 Å². The number of carbonyl (C=O) groups excluding carboxylic acids is 1. The molecule has 3 aromatic heterocycles. The molecule has 11 heteroatoms. The number of piperidine rings is 1. The number of fused-ring (bicyclic) bond motifs is 1. The number of nitrogens with one attached hydrogen (secondary N) is 1.